The van der Waals surface area contributed by atoms with Gasteiger partial charge in [0, 0.05) is 0 Å². The van der Waals surface area contributed by atoms with Crippen LogP contribution in [0.25, 0.3) is 0 Å². The molecule has 262 valence electrons. The molecule has 0 heterocycles. The van der Waals surface area contributed by atoms with Gasteiger partial charge in [0.1, 0.15) is 0 Å². The zero-order valence-electron chi connectivity index (χ0n) is 32.7. The van der Waals surface area contributed by atoms with Crippen LogP contribution in [0, 0.1) is 122 Å². The van der Waals surface area contributed by atoms with Gasteiger partial charge < -0.3 is 0 Å². The predicted octanol–water partition coefficient (Wildman–Crippen LogP) is 13.2. The lowest BCUT2D eigenvalue weighted by Crippen LogP contribution is -3.04. The van der Waals surface area contributed by atoms with Crippen molar-refractivity contribution in [3.63, 3.8) is 0 Å². The van der Waals surface area contributed by atoms with E-state index >= 15 is 0 Å². The minimum absolute atomic E-state index is 0.673. The van der Waals surface area contributed by atoms with Crippen molar-refractivity contribution in [2.75, 3.05) is 0 Å². The van der Waals surface area contributed by atoms with E-state index in [0.717, 1.165) is 111 Å². The summed E-state index contributed by atoms with van der Waals surface area (Å²) in [5.41, 5.74) is 2.91. The summed E-state index contributed by atoms with van der Waals surface area (Å²) in [7, 11) is 0. The van der Waals surface area contributed by atoms with E-state index in [4.69, 9.17) is 0 Å². The highest BCUT2D eigenvalue weighted by Gasteiger charge is 3.08. The molecule has 8 fully saturated rings. The van der Waals surface area contributed by atoms with E-state index in [1.165, 1.54) is 64.2 Å². The van der Waals surface area contributed by atoms with Gasteiger partial charge in [0.15, 0.2) is 0 Å². The van der Waals surface area contributed by atoms with Gasteiger partial charge in [0.25, 0.3) is 0 Å². The van der Waals surface area contributed by atoms with Crippen molar-refractivity contribution in [1.29, 1.82) is 0 Å². The first-order valence-corrected chi connectivity index (χ1v) is 22.2. The average Bonchev–Trinajstić information content (AvgIpc) is 3.25. The Labute approximate surface area is 287 Å². The quantitative estimate of drug-likeness (QED) is 0.169. The zero-order valence-corrected chi connectivity index (χ0v) is 32.7. The Hall–Kier alpha value is 0. The van der Waals surface area contributed by atoms with E-state index in [2.05, 4.69) is 76.2 Å². The highest BCUT2D eigenvalue weighted by atomic mass is 15.1. The molecule has 0 bridgehead atoms. The molecule has 0 saturated heterocycles. The van der Waals surface area contributed by atoms with E-state index in [0.29, 0.717) is 10.8 Å². The van der Waals surface area contributed by atoms with Crippen LogP contribution in [0.1, 0.15) is 166 Å². The van der Waals surface area contributed by atoms with Gasteiger partial charge >= 0.3 is 0 Å². The van der Waals surface area contributed by atoms with Gasteiger partial charge in [-0.3, -0.25) is 0 Å². The first-order valence-electron chi connectivity index (χ1n) is 22.2. The number of hydrogen-bond acceptors (Lipinski definition) is 0. The van der Waals surface area contributed by atoms with Crippen molar-refractivity contribution in [1.82, 2.24) is 0 Å². The fourth-order valence-corrected chi connectivity index (χ4v) is 20.7. The topological polar surface area (TPSA) is 0 Å². The van der Waals surface area contributed by atoms with Gasteiger partial charge in [-0.05, 0) is 148 Å². The fourth-order valence-electron chi connectivity index (χ4n) is 20.7. The Morgan fingerprint density at radius 2 is 1.28 bits per heavy atom. The second kappa shape index (κ2) is 11.0. The largest absolute Gasteiger partial charge is 0.0654 e. The third-order valence-electron chi connectivity index (χ3n) is 20.7. The van der Waals surface area contributed by atoms with Crippen LogP contribution in [-0.4, -0.2) is 0 Å². The lowest BCUT2D eigenvalue weighted by atomic mass is 8.97. The Kier molecular flexibility index (Phi) is 7.93. The third kappa shape index (κ3) is 2.95. The molecule has 8 unspecified atom stereocenters. The minimum Gasteiger partial charge on any atom is -0.0654 e. The minimum atomic E-state index is 0.673. The molecular weight excluding hydrogens is 553 g/mol. The van der Waals surface area contributed by atoms with Gasteiger partial charge in [-0.15, -0.1) is 0 Å². The van der Waals surface area contributed by atoms with E-state index in [-0.39, 0.29) is 0 Å². The van der Waals surface area contributed by atoms with Crippen molar-refractivity contribution < 1.29 is 0 Å². The van der Waals surface area contributed by atoms with Crippen molar-refractivity contribution in [2.45, 2.75) is 166 Å². The summed E-state index contributed by atoms with van der Waals surface area (Å²) in [5.74, 6) is 17.6. The van der Waals surface area contributed by atoms with Crippen molar-refractivity contribution in [3.05, 3.63) is 0 Å². The molecule has 0 aromatic carbocycles. The van der Waals surface area contributed by atoms with Gasteiger partial charge in [0.05, 0.1) is 0 Å². The van der Waals surface area contributed by atoms with E-state index in [1.807, 2.05) is 0 Å². The Morgan fingerprint density at radius 3 is 1.85 bits per heavy atom. The summed E-state index contributed by atoms with van der Waals surface area (Å²) in [5, 5.41) is 0. The van der Waals surface area contributed by atoms with Crippen LogP contribution >= 0.6 is 0 Å². The number of fused-ring (bicyclic) bond motifs is 4. The highest BCUT2D eigenvalue weighted by Crippen LogP contribution is 3.11. The van der Waals surface area contributed by atoms with Gasteiger partial charge in [0.2, 0.25) is 0 Å². The summed E-state index contributed by atoms with van der Waals surface area (Å²) in [6, 6.07) is 0. The molecule has 8 aliphatic rings. The van der Waals surface area contributed by atoms with Crippen molar-refractivity contribution >= 4 is 0 Å². The normalized spacial score (nSPS) is 57.7. The molecule has 0 amide bonds. The molecule has 0 N–H and O–H groups in total. The molecule has 8 aliphatic carbocycles. The summed E-state index contributed by atoms with van der Waals surface area (Å²) >= 11 is 0. The fraction of sp³-hybridized carbons (Fsp3) is 1.00. The maximum absolute atomic E-state index is 2.84. The lowest BCUT2D eigenvalue weighted by Gasteiger charge is -3.07. The van der Waals surface area contributed by atoms with Crippen LogP contribution in [0.3, 0.4) is 0 Å². The molecule has 8 rings (SSSR count). The molecule has 0 heteroatoms. The smallest absolute Gasteiger partial charge is 0.0100 e. The predicted molar refractivity (Wildman–Crippen MR) is 196 cm³/mol. The second-order valence-corrected chi connectivity index (χ2v) is 20.1. The summed E-state index contributed by atoms with van der Waals surface area (Å²) < 4.78 is 0. The van der Waals surface area contributed by atoms with Gasteiger partial charge in [-0.25, -0.2) is 0 Å². The Bertz CT molecular complexity index is 1150. The van der Waals surface area contributed by atoms with Crippen LogP contribution in [0.15, 0.2) is 0 Å². The lowest BCUT2D eigenvalue weighted by molar-refractivity contribution is -0.608. The van der Waals surface area contributed by atoms with Crippen LogP contribution in [-0.2, 0) is 0 Å². The summed E-state index contributed by atoms with van der Waals surface area (Å²) in [6.45, 7) is 29.2. The molecule has 0 aromatic heterocycles. The molecule has 3 spiro atoms. The SMILES string of the molecule is CCCC1C(C(C)[C@H](C)[C@H]2[C@@H]3[C@@H]4[C@@H]5[C@@H]6CC7CC(CC)[C@]76[C@@]56C(CC)C(C)C(CC)[C@@]46[C@]3(C(CC)CC)[C@H]2CCC)C[C@@H]1CCC. The monoisotopic (exact) mass is 631 g/mol. The molecule has 0 aromatic rings. The van der Waals surface area contributed by atoms with Crippen LogP contribution < -0.4 is 0 Å². The van der Waals surface area contributed by atoms with Crippen LogP contribution in [0.5, 0.6) is 0 Å². The van der Waals surface area contributed by atoms with E-state index in [1.54, 1.807) is 25.7 Å². The van der Waals surface area contributed by atoms with Gasteiger partial charge in [-0.2, -0.15) is 0 Å². The molecule has 8 saturated carbocycles. The maximum atomic E-state index is 2.84. The van der Waals surface area contributed by atoms with E-state index in [9.17, 15) is 0 Å². The molecule has 46 heavy (non-hydrogen) atoms. The first kappa shape index (κ1) is 33.2. The summed E-state index contributed by atoms with van der Waals surface area (Å²) in [6.07, 6.45) is 21.0. The average molecular weight is 631 g/mol. The molecule has 0 nitrogen and oxygen atoms in total. The van der Waals surface area contributed by atoms with Crippen molar-refractivity contribution in [2.24, 2.45) is 122 Å². The van der Waals surface area contributed by atoms with Crippen LogP contribution in [0.4, 0.5) is 0 Å². The number of rotatable bonds is 15. The first-order chi connectivity index (χ1) is 22.2. The van der Waals surface area contributed by atoms with Crippen LogP contribution in [0.2, 0.25) is 0 Å². The second-order valence-electron chi connectivity index (χ2n) is 20.1. The number of hydrogen-bond donors (Lipinski definition) is 0. The molecule has 0 aliphatic heterocycles. The molecule has 0 radical (unpaired) electrons. The third-order valence-corrected chi connectivity index (χ3v) is 20.7. The standard InChI is InChI=1S/C46H78/c1-12-20-29-23-34(33(29)21-13-2)26(9)27(10)39-37(22-14-3)44(30(15-4)16-5)41(39)42-40-38-25-32-24-31(17-6)43(32,38)45(40)35(18-7)28(11)36(19-8)46(42,44)45/h26-42H,12-25H2,1-11H3/t26?,27-,28?,29-,31?,32?,33?,34?,35?,36?,37-,38-,39+,40-,41+,42-,43-,44+,45+,46-/m0/s1. The molecular formula is C46H78. The Balaban J connectivity index is 1.23. The Morgan fingerprint density at radius 1 is 0.630 bits per heavy atom. The van der Waals surface area contributed by atoms with Gasteiger partial charge in [-0.1, -0.05) is 140 Å². The molecule has 20 atom stereocenters. The van der Waals surface area contributed by atoms with E-state index < -0.39 is 0 Å². The summed E-state index contributed by atoms with van der Waals surface area (Å²) in [4.78, 5) is 0. The zero-order chi connectivity index (χ0) is 32.7. The highest BCUT2D eigenvalue weighted by molar-refractivity contribution is 5.54. The maximum Gasteiger partial charge on any atom is -0.0100 e. The van der Waals surface area contributed by atoms with Crippen molar-refractivity contribution in [3.8, 4) is 0 Å².